The minimum absolute atomic E-state index is 0.0911. The number of piperidine rings is 1. The molecule has 1 fully saturated rings. The lowest BCUT2D eigenvalue weighted by Gasteiger charge is -2.37. The largest absolute Gasteiger partial charge is 0.355 e. The van der Waals surface area contributed by atoms with Crippen molar-refractivity contribution in [3.63, 3.8) is 0 Å². The Kier molecular flexibility index (Phi) is 4.77. The van der Waals surface area contributed by atoms with Gasteiger partial charge in [0.1, 0.15) is 10.5 Å². The molecule has 8 heteroatoms. The molecule has 1 saturated heterocycles. The summed E-state index contributed by atoms with van der Waals surface area (Å²) in [6.07, 6.45) is 5.53. The van der Waals surface area contributed by atoms with Crippen LogP contribution in [0, 0.1) is 0 Å². The number of hydrogen-bond acceptors (Lipinski definition) is 5. The number of nitrogens with zero attached hydrogens (tertiary/aromatic N) is 4. The van der Waals surface area contributed by atoms with Gasteiger partial charge < -0.3 is 10.6 Å². The first-order valence-corrected chi connectivity index (χ1v) is 10.0. The van der Waals surface area contributed by atoms with E-state index in [9.17, 15) is 0 Å². The van der Waals surface area contributed by atoms with E-state index in [4.69, 9.17) is 33.9 Å². The van der Waals surface area contributed by atoms with Gasteiger partial charge in [-0.1, -0.05) is 41.0 Å². The van der Waals surface area contributed by atoms with Crippen LogP contribution in [0.15, 0.2) is 46.6 Å². The molecule has 5 nitrogen and oxygen atoms in total. The Balaban J connectivity index is 1.67. The van der Waals surface area contributed by atoms with Gasteiger partial charge in [0.05, 0.1) is 22.4 Å². The third-order valence-corrected chi connectivity index (χ3v) is 6.69. The van der Waals surface area contributed by atoms with Crippen LogP contribution in [0.3, 0.4) is 0 Å². The van der Waals surface area contributed by atoms with Crippen LogP contribution in [0.4, 0.5) is 5.82 Å². The van der Waals surface area contributed by atoms with Crippen LogP contribution >= 0.6 is 35.0 Å². The standard InChI is InChI=1S/C18H19Cl2N5S/c1-18(21)6-9-24(10-7-18)17-13-5-8-23-25(13)15(11-22-17)26-14-4-2-3-12(19)16(14)20/h2-5,8,11H,6-7,9-10,21H2,1H3. The number of halogens is 2. The first-order chi connectivity index (χ1) is 12.4. The minimum atomic E-state index is -0.0911. The molecule has 4 rings (SSSR count). The highest BCUT2D eigenvalue weighted by Gasteiger charge is 2.27. The van der Waals surface area contributed by atoms with E-state index in [-0.39, 0.29) is 5.54 Å². The van der Waals surface area contributed by atoms with Crippen molar-refractivity contribution in [3.05, 3.63) is 46.7 Å². The highest BCUT2D eigenvalue weighted by atomic mass is 35.5. The maximum absolute atomic E-state index is 6.33. The van der Waals surface area contributed by atoms with Gasteiger partial charge in [-0.3, -0.25) is 0 Å². The lowest BCUT2D eigenvalue weighted by atomic mass is 9.91. The Labute approximate surface area is 166 Å². The molecule has 136 valence electrons. The second kappa shape index (κ2) is 6.93. The molecule has 1 aromatic carbocycles. The van der Waals surface area contributed by atoms with Crippen molar-refractivity contribution in [3.8, 4) is 0 Å². The van der Waals surface area contributed by atoms with Gasteiger partial charge in [-0.25, -0.2) is 9.50 Å². The van der Waals surface area contributed by atoms with Gasteiger partial charge in [0.25, 0.3) is 0 Å². The fourth-order valence-electron chi connectivity index (χ4n) is 3.10. The molecule has 1 aliphatic heterocycles. The number of aromatic nitrogens is 3. The van der Waals surface area contributed by atoms with Crippen LogP contribution < -0.4 is 10.6 Å². The van der Waals surface area contributed by atoms with Crippen LogP contribution in [-0.2, 0) is 0 Å². The Morgan fingerprint density at radius 1 is 1.19 bits per heavy atom. The van der Waals surface area contributed by atoms with Gasteiger partial charge in [-0.15, -0.1) is 0 Å². The fourth-order valence-corrected chi connectivity index (χ4v) is 4.48. The molecule has 0 unspecified atom stereocenters. The zero-order valence-electron chi connectivity index (χ0n) is 14.3. The summed E-state index contributed by atoms with van der Waals surface area (Å²) in [7, 11) is 0. The van der Waals surface area contributed by atoms with Crippen LogP contribution in [-0.4, -0.2) is 33.2 Å². The third-order valence-electron chi connectivity index (χ3n) is 4.71. The molecule has 3 heterocycles. The van der Waals surface area contributed by atoms with Gasteiger partial charge in [-0.05, 0) is 38.0 Å². The maximum atomic E-state index is 6.33. The molecule has 3 aromatic rings. The van der Waals surface area contributed by atoms with Crippen molar-refractivity contribution in [2.24, 2.45) is 5.73 Å². The van der Waals surface area contributed by atoms with E-state index < -0.39 is 0 Å². The minimum Gasteiger partial charge on any atom is -0.355 e. The van der Waals surface area contributed by atoms with E-state index in [0.29, 0.717) is 10.0 Å². The predicted octanol–water partition coefficient (Wildman–Crippen LogP) is 4.50. The highest BCUT2D eigenvalue weighted by Crippen LogP contribution is 2.38. The summed E-state index contributed by atoms with van der Waals surface area (Å²) in [4.78, 5) is 7.89. The smallest absolute Gasteiger partial charge is 0.154 e. The Bertz CT molecular complexity index is 946. The van der Waals surface area contributed by atoms with Gasteiger partial charge in [-0.2, -0.15) is 5.10 Å². The SMILES string of the molecule is CC1(N)CCN(c2ncc(Sc3cccc(Cl)c3Cl)n3nccc23)CC1. The molecule has 26 heavy (non-hydrogen) atoms. The average Bonchev–Trinajstić information content (AvgIpc) is 3.10. The zero-order valence-corrected chi connectivity index (χ0v) is 16.7. The molecule has 0 bridgehead atoms. The third kappa shape index (κ3) is 3.39. The first kappa shape index (κ1) is 17.9. The van der Waals surface area contributed by atoms with Gasteiger partial charge >= 0.3 is 0 Å². The number of fused-ring (bicyclic) bond motifs is 1. The predicted molar refractivity (Wildman–Crippen MR) is 108 cm³/mol. The lowest BCUT2D eigenvalue weighted by Crippen LogP contribution is -2.48. The lowest BCUT2D eigenvalue weighted by molar-refractivity contribution is 0.363. The number of benzene rings is 1. The highest BCUT2D eigenvalue weighted by molar-refractivity contribution is 7.99. The van der Waals surface area contributed by atoms with Crippen molar-refractivity contribution in [2.75, 3.05) is 18.0 Å². The molecule has 0 aliphatic carbocycles. The summed E-state index contributed by atoms with van der Waals surface area (Å²) in [5.74, 6) is 0.944. The van der Waals surface area contributed by atoms with Crippen molar-refractivity contribution < 1.29 is 0 Å². The van der Waals surface area contributed by atoms with Crippen molar-refractivity contribution >= 4 is 46.3 Å². The Hall–Kier alpha value is -1.47. The fraction of sp³-hybridized carbons (Fsp3) is 0.333. The molecule has 0 spiro atoms. The average molecular weight is 408 g/mol. The van der Waals surface area contributed by atoms with E-state index in [1.54, 1.807) is 12.3 Å². The number of rotatable bonds is 3. The van der Waals surface area contributed by atoms with Gasteiger partial charge in [0.2, 0.25) is 0 Å². The molecule has 0 saturated carbocycles. The molecular weight excluding hydrogens is 389 g/mol. The number of anilines is 1. The molecule has 2 N–H and O–H groups in total. The second-order valence-corrected chi connectivity index (χ2v) is 8.69. The van der Waals surface area contributed by atoms with Crippen LogP contribution in [0.2, 0.25) is 10.0 Å². The molecular formula is C18H19Cl2N5S. The van der Waals surface area contributed by atoms with Gasteiger partial charge in [0.15, 0.2) is 5.82 Å². The Morgan fingerprint density at radius 2 is 1.96 bits per heavy atom. The summed E-state index contributed by atoms with van der Waals surface area (Å²) >= 11 is 14.0. The summed E-state index contributed by atoms with van der Waals surface area (Å²) in [6, 6.07) is 7.59. The maximum Gasteiger partial charge on any atom is 0.154 e. The summed E-state index contributed by atoms with van der Waals surface area (Å²) < 4.78 is 1.90. The van der Waals surface area contributed by atoms with E-state index in [2.05, 4.69) is 16.9 Å². The quantitative estimate of drug-likeness (QED) is 0.691. The van der Waals surface area contributed by atoms with E-state index in [1.165, 1.54) is 11.8 Å². The van der Waals surface area contributed by atoms with Gasteiger partial charge in [0, 0.05) is 23.5 Å². The number of hydrogen-bond donors (Lipinski definition) is 1. The molecule has 2 aromatic heterocycles. The summed E-state index contributed by atoms with van der Waals surface area (Å²) in [5.41, 5.74) is 7.15. The normalized spacial score (nSPS) is 17.0. The van der Waals surface area contributed by atoms with E-state index >= 15 is 0 Å². The van der Waals surface area contributed by atoms with Crippen molar-refractivity contribution in [1.82, 2.24) is 14.6 Å². The summed E-state index contributed by atoms with van der Waals surface area (Å²) in [6.45, 7) is 3.90. The Morgan fingerprint density at radius 3 is 2.73 bits per heavy atom. The van der Waals surface area contributed by atoms with E-state index in [0.717, 1.165) is 47.2 Å². The molecule has 0 radical (unpaired) electrons. The van der Waals surface area contributed by atoms with Crippen LogP contribution in [0.1, 0.15) is 19.8 Å². The van der Waals surface area contributed by atoms with Crippen LogP contribution in [0.25, 0.3) is 5.52 Å². The molecule has 1 aliphatic rings. The first-order valence-electron chi connectivity index (χ1n) is 8.43. The topological polar surface area (TPSA) is 59.5 Å². The number of nitrogens with two attached hydrogens (primary N) is 1. The van der Waals surface area contributed by atoms with Crippen molar-refractivity contribution in [2.45, 2.75) is 35.2 Å². The van der Waals surface area contributed by atoms with Crippen molar-refractivity contribution in [1.29, 1.82) is 0 Å². The van der Waals surface area contributed by atoms with E-state index in [1.807, 2.05) is 28.9 Å². The monoisotopic (exact) mass is 407 g/mol. The van der Waals surface area contributed by atoms with Crippen LogP contribution in [0.5, 0.6) is 0 Å². The second-order valence-electron chi connectivity index (χ2n) is 6.84. The summed E-state index contributed by atoms with van der Waals surface area (Å²) in [5, 5.41) is 6.45. The molecule has 0 amide bonds. The molecule has 0 atom stereocenters. The zero-order chi connectivity index (χ0) is 18.3.